The van der Waals surface area contributed by atoms with Gasteiger partial charge < -0.3 is 10.2 Å². The van der Waals surface area contributed by atoms with Crippen molar-refractivity contribution in [3.05, 3.63) is 112 Å². The molecule has 1 saturated carbocycles. The number of hydrogen-bond donors (Lipinski definition) is 2. The number of hydrogen-bond acceptors (Lipinski definition) is 9. The highest BCUT2D eigenvalue weighted by Gasteiger charge is 2.67. The number of benzene rings is 3. The van der Waals surface area contributed by atoms with Gasteiger partial charge in [0.15, 0.2) is 11.6 Å². The van der Waals surface area contributed by atoms with Gasteiger partial charge in [-0.25, -0.2) is 40.9 Å². The summed E-state index contributed by atoms with van der Waals surface area (Å²) in [5, 5.41) is 11.3. The van der Waals surface area contributed by atoms with Gasteiger partial charge in [-0.05, 0) is 59.9 Å². The molecule has 2 aliphatic carbocycles. The largest absolute Gasteiger partial charge is 0.344 e. The number of amidine groups is 1. The van der Waals surface area contributed by atoms with Gasteiger partial charge in [-0.1, -0.05) is 23.7 Å². The van der Waals surface area contributed by atoms with Crippen LogP contribution in [-0.4, -0.2) is 62.0 Å². The van der Waals surface area contributed by atoms with Crippen LogP contribution in [0.1, 0.15) is 46.8 Å². The normalized spacial score (nSPS) is 18.2. The summed E-state index contributed by atoms with van der Waals surface area (Å²) in [6.07, 6.45) is 0.625. The number of carbonyl (C=O) groups is 1. The van der Waals surface area contributed by atoms with Crippen LogP contribution in [0.5, 0.6) is 0 Å². The summed E-state index contributed by atoms with van der Waals surface area (Å²) >= 11 is 6.66. The third kappa shape index (κ3) is 6.99. The summed E-state index contributed by atoms with van der Waals surface area (Å²) in [7, 11) is -2.28. The molecule has 2 N–H and O–H groups in total. The van der Waals surface area contributed by atoms with Crippen molar-refractivity contribution in [3.8, 4) is 11.4 Å². The first kappa shape index (κ1) is 39.4. The Morgan fingerprint density at radius 3 is 2.47 bits per heavy atom. The number of aromatic nitrogens is 6. The van der Waals surface area contributed by atoms with Gasteiger partial charge in [0.25, 0.3) is 12.3 Å². The molecule has 9 rings (SSSR count). The quantitative estimate of drug-likeness (QED) is 0.130. The molecule has 3 aromatic heterocycles. The first-order chi connectivity index (χ1) is 28.5. The molecule has 0 radical (unpaired) electrons. The average Bonchev–Trinajstić information content (AvgIpc) is 3.72. The molecule has 0 spiro atoms. The summed E-state index contributed by atoms with van der Waals surface area (Å²) in [6, 6.07) is 11.6. The van der Waals surface area contributed by atoms with Gasteiger partial charge in [0.05, 0.1) is 46.1 Å². The third-order valence-electron chi connectivity index (χ3n) is 10.7. The third-order valence-corrected chi connectivity index (χ3v) is 11.6. The molecule has 60 heavy (non-hydrogen) atoms. The number of alkyl halides is 4. The first-order valence-corrected chi connectivity index (χ1v) is 20.6. The minimum absolute atomic E-state index is 0.0273. The monoisotopic (exact) mass is 868 g/mol. The summed E-state index contributed by atoms with van der Waals surface area (Å²) in [4.78, 5) is 29.4. The van der Waals surface area contributed by atoms with E-state index in [1.807, 2.05) is 0 Å². The van der Waals surface area contributed by atoms with E-state index in [9.17, 15) is 30.8 Å². The van der Waals surface area contributed by atoms with Gasteiger partial charge in [-0.3, -0.25) is 18.9 Å². The predicted octanol–water partition coefficient (Wildman–Crippen LogP) is 7.15. The molecule has 3 aromatic carbocycles. The summed E-state index contributed by atoms with van der Waals surface area (Å²) in [5.41, 5.74) is 0.613. The second kappa shape index (κ2) is 14.3. The van der Waals surface area contributed by atoms with Gasteiger partial charge in [0.2, 0.25) is 15.9 Å². The zero-order valence-corrected chi connectivity index (χ0v) is 32.9. The number of anilines is 2. The lowest BCUT2D eigenvalue weighted by Crippen LogP contribution is -2.51. The molecule has 3 aliphatic rings. The van der Waals surface area contributed by atoms with E-state index in [0.29, 0.717) is 44.6 Å². The number of carbonyl (C=O) groups excluding carboxylic acids is 1. The fourth-order valence-electron chi connectivity index (χ4n) is 8.25. The van der Waals surface area contributed by atoms with Crippen LogP contribution >= 0.6 is 11.6 Å². The maximum Gasteiger partial charge on any atom is 0.293 e. The van der Waals surface area contributed by atoms with Crippen molar-refractivity contribution in [3.63, 3.8) is 0 Å². The molecule has 13 nitrogen and oxygen atoms in total. The van der Waals surface area contributed by atoms with E-state index in [1.165, 1.54) is 10.7 Å². The molecule has 0 bridgehead atoms. The zero-order chi connectivity index (χ0) is 42.4. The first-order valence-electron chi connectivity index (χ1n) is 18.4. The van der Waals surface area contributed by atoms with Crippen molar-refractivity contribution < 1.29 is 39.6 Å². The topological polar surface area (TPSA) is 152 Å². The Labute approximate surface area is 342 Å². The molecule has 1 fully saturated rings. The molecule has 21 heteroatoms. The molecule has 3 atom stereocenters. The Morgan fingerprint density at radius 1 is 1.03 bits per heavy atom. The Morgan fingerprint density at radius 2 is 1.77 bits per heavy atom. The highest BCUT2D eigenvalue weighted by molar-refractivity contribution is 7.92. The number of aliphatic imine (C=N–C) groups is 1. The minimum Gasteiger partial charge on any atom is -0.344 e. The molecule has 1 aliphatic heterocycles. The van der Waals surface area contributed by atoms with Gasteiger partial charge in [0.1, 0.15) is 35.4 Å². The zero-order valence-electron chi connectivity index (χ0n) is 31.3. The number of halogens is 7. The molecule has 310 valence electrons. The summed E-state index contributed by atoms with van der Waals surface area (Å²) in [6.45, 7) is -0.852. The van der Waals surface area contributed by atoms with Crippen LogP contribution in [0.15, 0.2) is 72.0 Å². The number of nitrogens with zero attached hydrogens (tertiary/aromatic N) is 8. The van der Waals surface area contributed by atoms with Crippen LogP contribution in [-0.2, 0) is 47.3 Å². The maximum atomic E-state index is 15.5. The van der Waals surface area contributed by atoms with Crippen molar-refractivity contribution in [1.29, 1.82) is 0 Å². The summed E-state index contributed by atoms with van der Waals surface area (Å²) in [5.74, 6) is -7.84. The molecule has 0 unspecified atom stereocenters. The van der Waals surface area contributed by atoms with Crippen LogP contribution in [0.2, 0.25) is 5.02 Å². The lowest BCUT2D eigenvalue weighted by Gasteiger charge is -2.36. The number of fused-ring (bicyclic) bond motifs is 5. The SMILES string of the molecule is Cn1nc(NS(C)(=O)=O)c2c(Cl)ccc(N3Cc4ccc(-c5ncccn5)cc4N=C3[C@H](Cc3cc(F)cc(F)c3)NC(=O)Cn3nc(C(F)F)c4c3C(F)(F)[C@@H]3C[C@H]43)c21. The second-order valence-electron chi connectivity index (χ2n) is 14.9. The van der Waals surface area contributed by atoms with Crippen molar-refractivity contribution >= 4 is 61.5 Å². The molecule has 6 aromatic rings. The molecule has 1 amide bonds. The number of amides is 1. The fraction of sp³-hybridized carbons (Fsp3) is 0.282. The Bertz CT molecular complexity index is 2870. The highest BCUT2D eigenvalue weighted by atomic mass is 35.5. The van der Waals surface area contributed by atoms with Gasteiger partial charge in [-0.15, -0.1) is 0 Å². The van der Waals surface area contributed by atoms with Gasteiger partial charge >= 0.3 is 0 Å². The minimum atomic E-state index is -3.83. The van der Waals surface area contributed by atoms with Crippen molar-refractivity contribution in [2.45, 2.75) is 50.2 Å². The second-order valence-corrected chi connectivity index (χ2v) is 17.0. The molecular weight excluding hydrogens is 838 g/mol. The number of aryl methyl sites for hydroxylation is 1. The number of nitrogens with one attached hydrogen (secondary N) is 2. The number of rotatable bonds is 11. The van der Waals surface area contributed by atoms with Crippen LogP contribution in [0, 0.1) is 17.6 Å². The van der Waals surface area contributed by atoms with E-state index < -0.39 is 75.7 Å². The molecular formula is C39H31ClF6N10O3S. The number of sulfonamides is 1. The van der Waals surface area contributed by atoms with Gasteiger partial charge in [0, 0.05) is 49.0 Å². The standard InChI is InChI=1S/C39H31ClF6N10O3S/c1-54-33-28(7-6-25(40)31(33)37(52-54)53-60(2,58)59)55-16-20-5-4-19(36-47-8-3-9-48-36)13-26(20)50-38(55)27(12-18-10-21(41)14-22(42)11-18)49-29(57)17-56-34-30(32(51-56)35(43)44)23-15-24(23)39(34,45)46/h3-11,13-14,23-24,27,35H,12,15-17H2,1-2H3,(H,49,57)(H,52,53)/t23-,24+,27-/m0/s1. The van der Waals surface area contributed by atoms with E-state index in [1.54, 1.807) is 54.7 Å². The van der Waals surface area contributed by atoms with Crippen molar-refractivity contribution in [1.82, 2.24) is 34.8 Å². The Balaban J connectivity index is 1.19. The van der Waals surface area contributed by atoms with Crippen molar-refractivity contribution in [2.24, 2.45) is 18.0 Å². The van der Waals surface area contributed by atoms with Crippen LogP contribution in [0.4, 0.5) is 43.5 Å². The van der Waals surface area contributed by atoms with E-state index in [4.69, 9.17) is 16.6 Å². The van der Waals surface area contributed by atoms with Crippen molar-refractivity contribution in [2.75, 3.05) is 15.9 Å². The predicted molar refractivity (Wildman–Crippen MR) is 209 cm³/mol. The van der Waals surface area contributed by atoms with E-state index >= 15 is 8.78 Å². The lowest BCUT2D eigenvalue weighted by atomic mass is 9.99. The van der Waals surface area contributed by atoms with Gasteiger partial charge in [-0.2, -0.15) is 19.0 Å². The van der Waals surface area contributed by atoms with E-state index in [2.05, 4.69) is 30.2 Å². The smallest absolute Gasteiger partial charge is 0.293 e. The Hall–Kier alpha value is -6.02. The van der Waals surface area contributed by atoms with E-state index in [0.717, 1.165) is 18.4 Å². The Kier molecular flexibility index (Phi) is 9.41. The van der Waals surface area contributed by atoms with Crippen LogP contribution in [0.3, 0.4) is 0 Å². The average molecular weight is 869 g/mol. The maximum absolute atomic E-state index is 15.5. The van der Waals surface area contributed by atoms with Crippen LogP contribution < -0.4 is 14.9 Å². The lowest BCUT2D eigenvalue weighted by molar-refractivity contribution is -0.122. The highest BCUT2D eigenvalue weighted by Crippen LogP contribution is 2.68. The van der Waals surface area contributed by atoms with E-state index in [-0.39, 0.29) is 52.6 Å². The fourth-order valence-corrected chi connectivity index (χ4v) is 8.98. The molecule has 0 saturated heterocycles. The van der Waals surface area contributed by atoms with Crippen LogP contribution in [0.25, 0.3) is 22.3 Å². The summed E-state index contributed by atoms with van der Waals surface area (Å²) < 4.78 is 118. The molecule has 4 heterocycles.